The molecule has 1 amide bonds. The van der Waals surface area contributed by atoms with Crippen LogP contribution in [0.5, 0.6) is 0 Å². The second kappa shape index (κ2) is 6.71. The molecule has 1 fully saturated rings. The average molecular weight is 350 g/mol. The summed E-state index contributed by atoms with van der Waals surface area (Å²) in [5.41, 5.74) is 2.87. The Morgan fingerprint density at radius 2 is 1.92 bits per heavy atom. The van der Waals surface area contributed by atoms with Crippen LogP contribution in [0.4, 0.5) is 5.82 Å². The van der Waals surface area contributed by atoms with Crippen molar-refractivity contribution in [1.82, 2.24) is 14.7 Å². The van der Waals surface area contributed by atoms with Crippen molar-refractivity contribution in [1.29, 1.82) is 0 Å². The lowest BCUT2D eigenvalue weighted by Gasteiger charge is -2.35. The highest BCUT2D eigenvalue weighted by molar-refractivity contribution is 5.94. The molecule has 5 nitrogen and oxygen atoms in total. The summed E-state index contributed by atoms with van der Waals surface area (Å²) in [5.74, 6) is 1.40. The minimum atomic E-state index is 0.0348. The first kappa shape index (κ1) is 17.0. The first-order valence-corrected chi connectivity index (χ1v) is 9.57. The summed E-state index contributed by atoms with van der Waals surface area (Å²) in [6.45, 7) is 7.26. The van der Waals surface area contributed by atoms with Crippen LogP contribution in [-0.4, -0.2) is 32.8 Å². The quantitative estimate of drug-likeness (QED) is 0.797. The third-order valence-corrected chi connectivity index (χ3v) is 5.92. The normalized spacial score (nSPS) is 25.6. The first-order chi connectivity index (χ1) is 12.6. The highest BCUT2D eigenvalue weighted by Gasteiger charge is 2.33. The van der Waals surface area contributed by atoms with E-state index in [1.807, 2.05) is 39.9 Å². The maximum absolute atomic E-state index is 13.1. The topological polar surface area (TPSA) is 50.5 Å². The molecule has 0 bridgehead atoms. The minimum absolute atomic E-state index is 0.0348. The van der Waals surface area contributed by atoms with E-state index in [0.29, 0.717) is 5.92 Å². The molecule has 1 aromatic carbocycles. The molecule has 2 aromatic rings. The highest BCUT2D eigenvalue weighted by atomic mass is 16.2. The molecule has 0 radical (unpaired) electrons. The molecule has 2 aliphatic rings. The van der Waals surface area contributed by atoms with Gasteiger partial charge in [-0.3, -0.25) is 4.79 Å². The molecule has 26 heavy (non-hydrogen) atoms. The largest absolute Gasteiger partial charge is 0.330 e. The summed E-state index contributed by atoms with van der Waals surface area (Å²) < 4.78 is 2.03. The summed E-state index contributed by atoms with van der Waals surface area (Å²) in [6.07, 6.45) is 3.13. The number of likely N-dealkylation sites (tertiary alicyclic amines) is 1. The standard InChI is InChI=1S/C21H26N4O/c1-14-15(2)22-20-13-18(23-25(20)16(14)3)19-11-7-8-12-24(19)21(26)17-9-5-4-6-10-17/h4-6,9-10,13-14,16,19H,7-8,11-12H2,1-3H3/t14?,16?,19-/m0/s1. The molecule has 0 aliphatic carbocycles. The van der Waals surface area contributed by atoms with Gasteiger partial charge in [-0.1, -0.05) is 25.1 Å². The summed E-state index contributed by atoms with van der Waals surface area (Å²) in [6, 6.07) is 12.0. The molecule has 1 saturated heterocycles. The molecule has 2 unspecified atom stereocenters. The smallest absolute Gasteiger partial charge is 0.254 e. The van der Waals surface area contributed by atoms with Crippen molar-refractivity contribution in [3.8, 4) is 0 Å². The number of carbonyl (C=O) groups excluding carboxylic acids is 1. The number of fused-ring (bicyclic) bond motifs is 1. The highest BCUT2D eigenvalue weighted by Crippen LogP contribution is 2.37. The van der Waals surface area contributed by atoms with Crippen molar-refractivity contribution in [3.05, 3.63) is 47.7 Å². The van der Waals surface area contributed by atoms with Crippen LogP contribution in [0.2, 0.25) is 0 Å². The van der Waals surface area contributed by atoms with Gasteiger partial charge in [-0.05, 0) is 45.2 Å². The zero-order chi connectivity index (χ0) is 18.3. The van der Waals surface area contributed by atoms with Crippen LogP contribution in [-0.2, 0) is 0 Å². The molecule has 136 valence electrons. The average Bonchev–Trinajstić information content (AvgIpc) is 3.10. The van der Waals surface area contributed by atoms with Crippen LogP contribution in [0.25, 0.3) is 0 Å². The van der Waals surface area contributed by atoms with Crippen molar-refractivity contribution >= 4 is 17.4 Å². The van der Waals surface area contributed by atoms with E-state index in [0.717, 1.165) is 48.6 Å². The van der Waals surface area contributed by atoms with Crippen LogP contribution in [0.1, 0.15) is 68.2 Å². The molecule has 1 aromatic heterocycles. The Balaban J connectivity index is 1.67. The minimum Gasteiger partial charge on any atom is -0.330 e. The number of aromatic nitrogens is 2. The number of nitrogens with zero attached hydrogens (tertiary/aromatic N) is 4. The molecule has 3 heterocycles. The number of carbonyl (C=O) groups is 1. The molecule has 5 heteroatoms. The maximum Gasteiger partial charge on any atom is 0.254 e. The van der Waals surface area contributed by atoms with Crippen LogP contribution >= 0.6 is 0 Å². The van der Waals surface area contributed by atoms with Crippen LogP contribution in [0.3, 0.4) is 0 Å². The predicted molar refractivity (Wildman–Crippen MR) is 103 cm³/mol. The fraction of sp³-hybridized carbons (Fsp3) is 0.476. The van der Waals surface area contributed by atoms with Gasteiger partial charge in [0.1, 0.15) is 0 Å². The van der Waals surface area contributed by atoms with E-state index >= 15 is 0 Å². The Labute approximate surface area is 154 Å². The van der Waals surface area contributed by atoms with Gasteiger partial charge in [0.2, 0.25) is 0 Å². The number of rotatable bonds is 2. The third kappa shape index (κ3) is 2.85. The zero-order valence-electron chi connectivity index (χ0n) is 15.7. The van der Waals surface area contributed by atoms with Gasteiger partial charge >= 0.3 is 0 Å². The summed E-state index contributed by atoms with van der Waals surface area (Å²) in [4.78, 5) is 19.8. The molecule has 0 spiro atoms. The number of hydrogen-bond donors (Lipinski definition) is 0. The SMILES string of the molecule is CC1=Nc2cc([C@@H]3CCCCN3C(=O)c3ccccc3)nn2C(C)C1C. The molecular formula is C21H26N4O. The van der Waals surface area contributed by atoms with E-state index in [9.17, 15) is 4.79 Å². The molecule has 0 saturated carbocycles. The van der Waals surface area contributed by atoms with E-state index in [1.165, 1.54) is 0 Å². The first-order valence-electron chi connectivity index (χ1n) is 9.57. The van der Waals surface area contributed by atoms with E-state index in [4.69, 9.17) is 10.1 Å². The number of amides is 1. The van der Waals surface area contributed by atoms with E-state index in [-0.39, 0.29) is 18.0 Å². The van der Waals surface area contributed by atoms with Crippen LogP contribution in [0.15, 0.2) is 41.4 Å². The Kier molecular flexibility index (Phi) is 4.39. The van der Waals surface area contributed by atoms with Crippen molar-refractivity contribution < 1.29 is 4.79 Å². The number of piperidine rings is 1. The van der Waals surface area contributed by atoms with E-state index in [2.05, 4.69) is 26.8 Å². The Morgan fingerprint density at radius 3 is 2.69 bits per heavy atom. The second-order valence-electron chi connectivity index (χ2n) is 7.53. The van der Waals surface area contributed by atoms with Gasteiger partial charge in [-0.25, -0.2) is 9.67 Å². The van der Waals surface area contributed by atoms with Crippen molar-refractivity contribution in [2.45, 2.75) is 52.1 Å². The molecule has 4 rings (SSSR count). The van der Waals surface area contributed by atoms with Gasteiger partial charge in [-0.2, -0.15) is 5.10 Å². The van der Waals surface area contributed by atoms with Crippen molar-refractivity contribution in [3.63, 3.8) is 0 Å². The van der Waals surface area contributed by atoms with Crippen molar-refractivity contribution in [2.24, 2.45) is 10.9 Å². The van der Waals surface area contributed by atoms with E-state index < -0.39 is 0 Å². The lowest BCUT2D eigenvalue weighted by atomic mass is 9.97. The van der Waals surface area contributed by atoms with Crippen molar-refractivity contribution in [2.75, 3.05) is 6.54 Å². The second-order valence-corrected chi connectivity index (χ2v) is 7.53. The summed E-state index contributed by atoms with van der Waals surface area (Å²) >= 11 is 0. The number of hydrogen-bond acceptors (Lipinski definition) is 3. The number of aliphatic imine (C=N–C) groups is 1. The number of benzene rings is 1. The van der Waals surface area contributed by atoms with Gasteiger partial charge in [-0.15, -0.1) is 0 Å². The van der Waals surface area contributed by atoms with Gasteiger partial charge in [0.05, 0.1) is 17.8 Å². The van der Waals surface area contributed by atoms with Crippen LogP contribution < -0.4 is 0 Å². The molecule has 0 N–H and O–H groups in total. The summed E-state index contributed by atoms with van der Waals surface area (Å²) in [7, 11) is 0. The molecular weight excluding hydrogens is 324 g/mol. The molecule has 2 aliphatic heterocycles. The van der Waals surface area contributed by atoms with Crippen LogP contribution in [0, 0.1) is 5.92 Å². The summed E-state index contributed by atoms with van der Waals surface area (Å²) in [5, 5.41) is 4.88. The Bertz CT molecular complexity index is 839. The van der Waals surface area contributed by atoms with Gasteiger partial charge < -0.3 is 4.90 Å². The molecule has 3 atom stereocenters. The lowest BCUT2D eigenvalue weighted by Crippen LogP contribution is -2.38. The van der Waals surface area contributed by atoms with E-state index in [1.54, 1.807) is 0 Å². The monoisotopic (exact) mass is 350 g/mol. The fourth-order valence-electron chi connectivity index (χ4n) is 4.02. The Morgan fingerprint density at radius 1 is 1.15 bits per heavy atom. The van der Waals surface area contributed by atoms with Gasteiger partial charge in [0.25, 0.3) is 5.91 Å². The fourth-order valence-corrected chi connectivity index (χ4v) is 4.02. The van der Waals surface area contributed by atoms with Gasteiger partial charge in [0, 0.05) is 29.8 Å². The van der Waals surface area contributed by atoms with Gasteiger partial charge in [0.15, 0.2) is 5.82 Å². The Hall–Kier alpha value is -2.43. The maximum atomic E-state index is 13.1. The predicted octanol–water partition coefficient (Wildman–Crippen LogP) is 4.55. The lowest BCUT2D eigenvalue weighted by molar-refractivity contribution is 0.0605. The zero-order valence-corrected chi connectivity index (χ0v) is 15.7. The third-order valence-electron chi connectivity index (χ3n) is 5.92.